The van der Waals surface area contributed by atoms with Crippen LogP contribution in [0.25, 0.3) is 11.3 Å². The molecule has 2 aromatic carbocycles. The molecule has 29 heavy (non-hydrogen) atoms. The smallest absolute Gasteiger partial charge is 0.185 e. The molecule has 1 saturated heterocycles. The van der Waals surface area contributed by atoms with Crippen molar-refractivity contribution in [2.24, 2.45) is 0 Å². The highest BCUT2D eigenvalue weighted by molar-refractivity contribution is 7.80. The van der Waals surface area contributed by atoms with Gasteiger partial charge >= 0.3 is 0 Å². The van der Waals surface area contributed by atoms with E-state index in [4.69, 9.17) is 21.9 Å². The molecule has 2 heterocycles. The molecule has 1 aromatic heterocycles. The monoisotopic (exact) mass is 428 g/mol. The van der Waals surface area contributed by atoms with Crippen molar-refractivity contribution in [2.45, 2.75) is 0 Å². The van der Waals surface area contributed by atoms with Crippen LogP contribution in [0.1, 0.15) is 0 Å². The molecule has 0 bridgehead atoms. The molecule has 1 aliphatic rings. The van der Waals surface area contributed by atoms with Crippen LogP contribution in [0.3, 0.4) is 0 Å². The predicted molar refractivity (Wildman–Crippen MR) is 121 cm³/mol. The van der Waals surface area contributed by atoms with Gasteiger partial charge in [-0.15, -0.1) is 11.3 Å². The van der Waals surface area contributed by atoms with Crippen molar-refractivity contribution in [3.63, 3.8) is 0 Å². The Morgan fingerprint density at radius 3 is 2.62 bits per heavy atom. The number of methoxy groups -OCH3 is 1. The minimum Gasteiger partial charge on any atom is -0.497 e. The molecule has 0 amide bonds. The van der Waals surface area contributed by atoms with Gasteiger partial charge in [0.2, 0.25) is 0 Å². The number of nitrogens with one attached hydrogen (secondary N) is 1. The number of thiocarbonyl (C=S) groups is 1. The summed E-state index contributed by atoms with van der Waals surface area (Å²) in [7, 11) is 1.65. The number of hydrogen-bond acceptors (Lipinski definition) is 5. The second kappa shape index (κ2) is 8.75. The number of halogens is 1. The summed E-state index contributed by atoms with van der Waals surface area (Å²) in [6.45, 7) is 3.33. The molecule has 0 aliphatic carbocycles. The van der Waals surface area contributed by atoms with E-state index in [0.717, 1.165) is 54.0 Å². The summed E-state index contributed by atoms with van der Waals surface area (Å²) in [5.74, 6) is 0.558. The molecule has 4 rings (SSSR count). The van der Waals surface area contributed by atoms with Gasteiger partial charge in [-0.25, -0.2) is 9.37 Å². The van der Waals surface area contributed by atoms with Crippen LogP contribution in [0.4, 0.5) is 15.2 Å². The zero-order chi connectivity index (χ0) is 20.2. The van der Waals surface area contributed by atoms with Crippen molar-refractivity contribution < 1.29 is 9.13 Å². The normalized spacial score (nSPS) is 14.0. The minimum atomic E-state index is -0.237. The topological polar surface area (TPSA) is 40.6 Å². The van der Waals surface area contributed by atoms with Crippen LogP contribution >= 0.6 is 23.6 Å². The van der Waals surface area contributed by atoms with Gasteiger partial charge in [-0.1, -0.05) is 6.07 Å². The van der Waals surface area contributed by atoms with Crippen molar-refractivity contribution in [2.75, 3.05) is 43.5 Å². The molecule has 1 aliphatic heterocycles. The molecule has 0 unspecified atom stereocenters. The van der Waals surface area contributed by atoms with E-state index >= 15 is 0 Å². The number of ether oxygens (including phenoxy) is 1. The number of benzene rings is 2. The van der Waals surface area contributed by atoms with E-state index in [0.29, 0.717) is 5.11 Å². The van der Waals surface area contributed by atoms with Crippen LogP contribution in [-0.2, 0) is 0 Å². The number of piperazine rings is 1. The van der Waals surface area contributed by atoms with Crippen molar-refractivity contribution in [3.05, 3.63) is 59.7 Å². The Bertz CT molecular complexity index is 984. The molecule has 0 radical (unpaired) electrons. The first-order valence-electron chi connectivity index (χ1n) is 9.29. The Labute approximate surface area is 178 Å². The molecule has 0 spiro atoms. The summed E-state index contributed by atoms with van der Waals surface area (Å²) in [6.07, 6.45) is 0. The van der Waals surface area contributed by atoms with E-state index in [1.807, 2.05) is 29.6 Å². The Balaban J connectivity index is 1.34. The largest absolute Gasteiger partial charge is 0.497 e. The standard InChI is InChI=1S/C21H21FN4OS2/c1-27-18-4-2-3-17(13-18)23-20(28)25-9-11-26(12-10-25)21-24-19(14-29-21)15-5-7-16(22)8-6-15/h2-8,13-14H,9-12H2,1H3,(H,23,28). The lowest BCUT2D eigenvalue weighted by Crippen LogP contribution is -2.50. The van der Waals surface area contributed by atoms with Gasteiger partial charge in [-0.2, -0.15) is 0 Å². The highest BCUT2D eigenvalue weighted by Crippen LogP contribution is 2.28. The lowest BCUT2D eigenvalue weighted by molar-refractivity contribution is 0.390. The van der Waals surface area contributed by atoms with E-state index in [2.05, 4.69) is 15.1 Å². The average molecular weight is 429 g/mol. The summed E-state index contributed by atoms with van der Waals surface area (Å²) >= 11 is 7.19. The van der Waals surface area contributed by atoms with E-state index < -0.39 is 0 Å². The average Bonchev–Trinajstić information content (AvgIpc) is 3.25. The fourth-order valence-corrected chi connectivity index (χ4v) is 4.36. The lowest BCUT2D eigenvalue weighted by atomic mass is 10.2. The highest BCUT2D eigenvalue weighted by Gasteiger charge is 2.21. The van der Waals surface area contributed by atoms with Crippen LogP contribution in [0.15, 0.2) is 53.9 Å². The molecule has 0 atom stereocenters. The van der Waals surface area contributed by atoms with Crippen LogP contribution in [0.5, 0.6) is 5.75 Å². The quantitative estimate of drug-likeness (QED) is 0.618. The van der Waals surface area contributed by atoms with Gasteiger partial charge in [0.25, 0.3) is 0 Å². The maximum atomic E-state index is 13.1. The number of nitrogens with zero attached hydrogens (tertiary/aromatic N) is 3. The SMILES string of the molecule is COc1cccc(NC(=S)N2CCN(c3nc(-c4ccc(F)cc4)cs3)CC2)c1. The number of aromatic nitrogens is 1. The van der Waals surface area contributed by atoms with Crippen LogP contribution < -0.4 is 15.0 Å². The number of rotatable bonds is 4. The Kier molecular flexibility index (Phi) is 5.92. The Morgan fingerprint density at radius 1 is 1.14 bits per heavy atom. The first-order chi connectivity index (χ1) is 14.1. The molecule has 1 N–H and O–H groups in total. The van der Waals surface area contributed by atoms with Gasteiger partial charge in [0, 0.05) is 48.9 Å². The van der Waals surface area contributed by atoms with E-state index in [1.165, 1.54) is 12.1 Å². The van der Waals surface area contributed by atoms with Crippen molar-refractivity contribution in [3.8, 4) is 17.0 Å². The summed E-state index contributed by atoms with van der Waals surface area (Å²) in [4.78, 5) is 9.16. The molecule has 0 saturated carbocycles. The summed E-state index contributed by atoms with van der Waals surface area (Å²) < 4.78 is 18.4. The molecule has 1 fully saturated rings. The Morgan fingerprint density at radius 2 is 1.90 bits per heavy atom. The second-order valence-electron chi connectivity index (χ2n) is 6.66. The zero-order valence-electron chi connectivity index (χ0n) is 16.0. The van der Waals surface area contributed by atoms with E-state index in [9.17, 15) is 4.39 Å². The van der Waals surface area contributed by atoms with Crippen LogP contribution in [-0.4, -0.2) is 48.3 Å². The summed E-state index contributed by atoms with van der Waals surface area (Å²) in [6, 6.07) is 14.2. The molecule has 150 valence electrons. The molecule has 5 nitrogen and oxygen atoms in total. The van der Waals surface area contributed by atoms with E-state index in [-0.39, 0.29) is 5.82 Å². The fourth-order valence-electron chi connectivity index (χ4n) is 3.17. The third kappa shape index (κ3) is 4.65. The third-order valence-corrected chi connectivity index (χ3v) is 6.05. The maximum Gasteiger partial charge on any atom is 0.185 e. The van der Waals surface area contributed by atoms with Gasteiger partial charge < -0.3 is 19.9 Å². The van der Waals surface area contributed by atoms with Gasteiger partial charge in [0.15, 0.2) is 10.2 Å². The fraction of sp³-hybridized carbons (Fsp3) is 0.238. The minimum absolute atomic E-state index is 0.237. The predicted octanol–water partition coefficient (Wildman–Crippen LogP) is 4.48. The summed E-state index contributed by atoms with van der Waals surface area (Å²) in [5.41, 5.74) is 2.72. The maximum absolute atomic E-state index is 13.1. The molecular formula is C21H21FN4OS2. The first-order valence-corrected chi connectivity index (χ1v) is 10.6. The number of hydrogen-bond donors (Lipinski definition) is 1. The van der Waals surface area contributed by atoms with Crippen LogP contribution in [0, 0.1) is 5.82 Å². The number of thiazole rings is 1. The third-order valence-electron chi connectivity index (χ3n) is 4.79. The van der Waals surface area contributed by atoms with Crippen molar-refractivity contribution >= 4 is 39.5 Å². The molecule has 8 heteroatoms. The Hall–Kier alpha value is -2.71. The lowest BCUT2D eigenvalue weighted by Gasteiger charge is -2.36. The highest BCUT2D eigenvalue weighted by atomic mass is 32.1. The zero-order valence-corrected chi connectivity index (χ0v) is 17.6. The molecular weight excluding hydrogens is 407 g/mol. The van der Waals surface area contributed by atoms with Gasteiger partial charge in [0.1, 0.15) is 11.6 Å². The van der Waals surface area contributed by atoms with Gasteiger partial charge in [-0.3, -0.25) is 0 Å². The van der Waals surface area contributed by atoms with Crippen molar-refractivity contribution in [1.29, 1.82) is 0 Å². The first kappa shape index (κ1) is 19.6. The second-order valence-corrected chi connectivity index (χ2v) is 7.88. The molecule has 3 aromatic rings. The van der Waals surface area contributed by atoms with Gasteiger partial charge in [0.05, 0.1) is 12.8 Å². The summed E-state index contributed by atoms with van der Waals surface area (Å²) in [5, 5.41) is 7.00. The van der Waals surface area contributed by atoms with Crippen molar-refractivity contribution in [1.82, 2.24) is 9.88 Å². The number of anilines is 2. The van der Waals surface area contributed by atoms with Gasteiger partial charge in [-0.05, 0) is 48.6 Å². The van der Waals surface area contributed by atoms with E-state index in [1.54, 1.807) is 30.6 Å². The van der Waals surface area contributed by atoms with Crippen LogP contribution in [0.2, 0.25) is 0 Å².